The molecule has 4 aromatic rings. The van der Waals surface area contributed by atoms with Crippen molar-refractivity contribution in [3.8, 4) is 0 Å². The SMILES string of the molecule is O=C1CCC(N2Cc3c(Nc4ccnc(Nc5cccc(N6CCC(c7ccccc7)CC6)c5)n4)cccc3C2=O)C(=O)N1. The standard InChI is InChI=1S/C34H33N7O3/c42-31-13-12-29(32(43)39-31)41-21-27-26(33(41)44)10-5-11-28(27)37-30-14-17-35-34(38-30)36-24-8-4-9-25(20-24)40-18-15-23(16-19-40)22-6-2-1-3-7-22/h1-11,14,17,20,23,29H,12-13,15-16,18-19,21H2,(H,39,42,43)(H2,35,36,37,38). The van der Waals surface area contributed by atoms with Gasteiger partial charge in [-0.1, -0.05) is 42.5 Å². The molecule has 3 aliphatic rings. The van der Waals surface area contributed by atoms with Gasteiger partial charge in [-0.3, -0.25) is 19.7 Å². The van der Waals surface area contributed by atoms with Gasteiger partial charge in [-0.25, -0.2) is 4.98 Å². The van der Waals surface area contributed by atoms with Gasteiger partial charge in [0.25, 0.3) is 5.91 Å². The number of hydrogen-bond donors (Lipinski definition) is 3. The number of benzene rings is 3. The summed E-state index contributed by atoms with van der Waals surface area (Å²) in [6.45, 7) is 2.28. The van der Waals surface area contributed by atoms with E-state index in [9.17, 15) is 14.4 Å². The normalized spacial score (nSPS) is 18.6. The molecule has 0 bridgehead atoms. The Morgan fingerprint density at radius 2 is 1.66 bits per heavy atom. The maximum absolute atomic E-state index is 13.2. The molecule has 3 aliphatic heterocycles. The monoisotopic (exact) mass is 587 g/mol. The van der Waals surface area contributed by atoms with Crippen LogP contribution in [0.25, 0.3) is 0 Å². The van der Waals surface area contributed by atoms with E-state index in [0.717, 1.165) is 42.9 Å². The minimum atomic E-state index is -0.665. The Morgan fingerprint density at radius 1 is 0.841 bits per heavy atom. The highest BCUT2D eigenvalue weighted by atomic mass is 16.2. The summed E-state index contributed by atoms with van der Waals surface area (Å²) in [5.41, 5.74) is 5.55. The molecule has 0 radical (unpaired) electrons. The third-order valence-corrected chi connectivity index (χ3v) is 8.73. The third-order valence-electron chi connectivity index (χ3n) is 8.73. The number of nitrogens with one attached hydrogen (secondary N) is 3. The van der Waals surface area contributed by atoms with Crippen molar-refractivity contribution >= 4 is 46.5 Å². The van der Waals surface area contributed by atoms with Crippen LogP contribution < -0.4 is 20.9 Å². The highest BCUT2D eigenvalue weighted by molar-refractivity contribution is 6.06. The molecule has 2 fully saturated rings. The van der Waals surface area contributed by atoms with Crippen LogP contribution in [0.4, 0.5) is 28.8 Å². The Bertz CT molecular complexity index is 1720. The van der Waals surface area contributed by atoms with Crippen LogP contribution in [0.5, 0.6) is 0 Å². The van der Waals surface area contributed by atoms with E-state index in [4.69, 9.17) is 0 Å². The fraction of sp³-hybridized carbons (Fsp3) is 0.265. The smallest absolute Gasteiger partial charge is 0.255 e. The number of hydrogen-bond acceptors (Lipinski definition) is 8. The van der Waals surface area contributed by atoms with Gasteiger partial charge >= 0.3 is 0 Å². The summed E-state index contributed by atoms with van der Waals surface area (Å²) in [6, 6.07) is 25.7. The average Bonchev–Trinajstić information content (AvgIpc) is 3.38. The molecule has 44 heavy (non-hydrogen) atoms. The van der Waals surface area contributed by atoms with Crippen molar-refractivity contribution < 1.29 is 14.4 Å². The number of imide groups is 1. The van der Waals surface area contributed by atoms with Gasteiger partial charge < -0.3 is 20.4 Å². The van der Waals surface area contributed by atoms with E-state index in [1.165, 1.54) is 11.3 Å². The largest absolute Gasteiger partial charge is 0.371 e. The van der Waals surface area contributed by atoms with Crippen LogP contribution in [0.15, 0.2) is 85.1 Å². The number of aromatic nitrogens is 2. The molecule has 3 N–H and O–H groups in total. The lowest BCUT2D eigenvalue weighted by Gasteiger charge is -2.34. The number of amides is 3. The number of anilines is 5. The minimum absolute atomic E-state index is 0.215. The summed E-state index contributed by atoms with van der Waals surface area (Å²) in [7, 11) is 0. The van der Waals surface area contributed by atoms with Crippen molar-refractivity contribution in [2.75, 3.05) is 28.6 Å². The molecule has 7 rings (SSSR count). The van der Waals surface area contributed by atoms with E-state index in [0.29, 0.717) is 29.7 Å². The van der Waals surface area contributed by atoms with E-state index in [-0.39, 0.29) is 24.8 Å². The molecule has 4 heterocycles. The second-order valence-corrected chi connectivity index (χ2v) is 11.5. The lowest BCUT2D eigenvalue weighted by molar-refractivity contribution is -0.136. The van der Waals surface area contributed by atoms with Crippen molar-refractivity contribution in [3.05, 3.63) is 102 Å². The average molecular weight is 588 g/mol. The zero-order chi connectivity index (χ0) is 30.0. The van der Waals surface area contributed by atoms with E-state index < -0.39 is 11.9 Å². The number of fused-ring (bicyclic) bond motifs is 1. The first-order valence-corrected chi connectivity index (χ1v) is 15.1. The zero-order valence-corrected chi connectivity index (χ0v) is 24.2. The molecule has 222 valence electrons. The van der Waals surface area contributed by atoms with Gasteiger partial charge in [0.1, 0.15) is 11.9 Å². The number of carbonyl (C=O) groups excluding carboxylic acids is 3. The van der Waals surface area contributed by atoms with E-state index in [1.54, 1.807) is 23.2 Å². The Balaban J connectivity index is 1.02. The van der Waals surface area contributed by atoms with Crippen LogP contribution >= 0.6 is 0 Å². The van der Waals surface area contributed by atoms with Gasteiger partial charge in [-0.15, -0.1) is 0 Å². The molecule has 2 saturated heterocycles. The number of rotatable bonds is 7. The quantitative estimate of drug-likeness (QED) is 0.255. The molecule has 0 spiro atoms. The maximum atomic E-state index is 13.2. The number of piperidine rings is 2. The number of nitrogens with zero attached hydrogens (tertiary/aromatic N) is 4. The predicted octanol–water partition coefficient (Wildman–Crippen LogP) is 5.11. The highest BCUT2D eigenvalue weighted by Crippen LogP contribution is 2.34. The van der Waals surface area contributed by atoms with Gasteiger partial charge in [-0.05, 0) is 67.1 Å². The summed E-state index contributed by atoms with van der Waals surface area (Å²) in [4.78, 5) is 50.3. The fourth-order valence-corrected chi connectivity index (χ4v) is 6.43. The predicted molar refractivity (Wildman–Crippen MR) is 168 cm³/mol. The number of carbonyl (C=O) groups is 3. The zero-order valence-electron chi connectivity index (χ0n) is 24.2. The van der Waals surface area contributed by atoms with Crippen LogP contribution in [0, 0.1) is 0 Å². The van der Waals surface area contributed by atoms with Gasteiger partial charge in [0.2, 0.25) is 17.8 Å². The Kier molecular flexibility index (Phi) is 7.39. The van der Waals surface area contributed by atoms with Crippen LogP contribution in [0.3, 0.4) is 0 Å². The molecule has 10 nitrogen and oxygen atoms in total. The topological polar surface area (TPSA) is 120 Å². The Hall–Kier alpha value is -5.25. The van der Waals surface area contributed by atoms with E-state index in [2.05, 4.69) is 73.3 Å². The first kappa shape index (κ1) is 27.6. The second-order valence-electron chi connectivity index (χ2n) is 11.5. The summed E-state index contributed by atoms with van der Waals surface area (Å²) < 4.78 is 0. The van der Waals surface area contributed by atoms with Gasteiger partial charge in [0.05, 0.1) is 0 Å². The lowest BCUT2D eigenvalue weighted by Crippen LogP contribution is -2.52. The molecule has 0 aliphatic carbocycles. The van der Waals surface area contributed by atoms with E-state index in [1.807, 2.05) is 24.3 Å². The maximum Gasteiger partial charge on any atom is 0.255 e. The summed E-state index contributed by atoms with van der Waals surface area (Å²) in [5, 5.41) is 9.03. The summed E-state index contributed by atoms with van der Waals surface area (Å²) in [6.07, 6.45) is 4.46. The molecule has 10 heteroatoms. The first-order valence-electron chi connectivity index (χ1n) is 15.1. The summed E-state index contributed by atoms with van der Waals surface area (Å²) >= 11 is 0. The van der Waals surface area contributed by atoms with Gasteiger partial charge in [0, 0.05) is 60.4 Å². The van der Waals surface area contributed by atoms with Crippen LogP contribution in [-0.2, 0) is 16.1 Å². The Labute approximate surface area is 255 Å². The van der Waals surface area contributed by atoms with Crippen LogP contribution in [0.1, 0.15) is 53.1 Å². The lowest BCUT2D eigenvalue weighted by atomic mass is 9.89. The van der Waals surface area contributed by atoms with Gasteiger partial charge in [-0.2, -0.15) is 4.98 Å². The van der Waals surface area contributed by atoms with Crippen molar-refractivity contribution in [2.24, 2.45) is 0 Å². The van der Waals surface area contributed by atoms with Crippen molar-refractivity contribution in [3.63, 3.8) is 0 Å². The highest BCUT2D eigenvalue weighted by Gasteiger charge is 2.39. The minimum Gasteiger partial charge on any atom is -0.371 e. The van der Waals surface area contributed by atoms with Crippen molar-refractivity contribution in [2.45, 2.75) is 44.2 Å². The van der Waals surface area contributed by atoms with Crippen LogP contribution in [-0.4, -0.2) is 51.7 Å². The van der Waals surface area contributed by atoms with Crippen molar-refractivity contribution in [1.29, 1.82) is 0 Å². The molecule has 3 amide bonds. The summed E-state index contributed by atoms with van der Waals surface area (Å²) in [5.74, 6) is 0.672. The molecule has 1 unspecified atom stereocenters. The van der Waals surface area contributed by atoms with E-state index >= 15 is 0 Å². The van der Waals surface area contributed by atoms with Crippen molar-refractivity contribution in [1.82, 2.24) is 20.2 Å². The Morgan fingerprint density at radius 3 is 2.48 bits per heavy atom. The third kappa shape index (κ3) is 5.58. The molecule has 3 aromatic carbocycles. The second kappa shape index (κ2) is 11.8. The molecule has 1 atom stereocenters. The first-order chi connectivity index (χ1) is 21.5. The van der Waals surface area contributed by atoms with Gasteiger partial charge in [0.15, 0.2) is 0 Å². The molecule has 0 saturated carbocycles. The molecule has 1 aromatic heterocycles. The molecular weight excluding hydrogens is 554 g/mol. The van der Waals surface area contributed by atoms with Crippen LogP contribution in [0.2, 0.25) is 0 Å². The molecular formula is C34H33N7O3. The fourth-order valence-electron chi connectivity index (χ4n) is 6.43.